The molecule has 1 aromatic heterocycles. The molecule has 24 heavy (non-hydrogen) atoms. The second kappa shape index (κ2) is 6.68. The number of hydrogen-bond donors (Lipinski definition) is 1. The molecule has 1 saturated heterocycles. The first kappa shape index (κ1) is 16.6. The van der Waals surface area contributed by atoms with E-state index in [2.05, 4.69) is 17.0 Å². The van der Waals surface area contributed by atoms with E-state index in [1.165, 1.54) is 0 Å². The van der Waals surface area contributed by atoms with Crippen LogP contribution in [0.2, 0.25) is 5.02 Å². The second-order valence-corrected chi connectivity index (χ2v) is 6.34. The van der Waals surface area contributed by atoms with Gasteiger partial charge >= 0.3 is 0 Å². The third-order valence-electron chi connectivity index (χ3n) is 3.99. The molecule has 2 aromatic rings. The molecule has 1 aromatic carbocycles. The lowest BCUT2D eigenvalue weighted by molar-refractivity contribution is 0.0244. The highest BCUT2D eigenvalue weighted by atomic mass is 35.5. The number of rotatable bonds is 1. The molecule has 5 nitrogen and oxygen atoms in total. The van der Waals surface area contributed by atoms with E-state index < -0.39 is 5.60 Å². The SMILES string of the molecule is Cc1cc(C(=O)N2CCC(O)(C#Cc3cccc(Cl)c3)CC2)no1. The first-order valence-corrected chi connectivity index (χ1v) is 8.07. The van der Waals surface area contributed by atoms with Crippen molar-refractivity contribution in [3.8, 4) is 11.8 Å². The van der Waals surface area contributed by atoms with Crippen LogP contribution in [-0.2, 0) is 0 Å². The van der Waals surface area contributed by atoms with Crippen LogP contribution in [0.3, 0.4) is 0 Å². The van der Waals surface area contributed by atoms with E-state index in [1.807, 2.05) is 12.1 Å². The highest BCUT2D eigenvalue weighted by molar-refractivity contribution is 6.30. The fourth-order valence-electron chi connectivity index (χ4n) is 2.59. The quantitative estimate of drug-likeness (QED) is 0.808. The number of hydrogen-bond acceptors (Lipinski definition) is 4. The number of halogens is 1. The van der Waals surface area contributed by atoms with E-state index in [-0.39, 0.29) is 5.91 Å². The number of likely N-dealkylation sites (tertiary alicyclic amines) is 1. The maximum atomic E-state index is 12.3. The summed E-state index contributed by atoms with van der Waals surface area (Å²) in [5.41, 5.74) is -0.0470. The molecule has 124 valence electrons. The van der Waals surface area contributed by atoms with E-state index in [0.717, 1.165) is 5.56 Å². The summed E-state index contributed by atoms with van der Waals surface area (Å²) in [7, 11) is 0. The van der Waals surface area contributed by atoms with Gasteiger partial charge in [0.1, 0.15) is 11.4 Å². The average molecular weight is 345 g/mol. The minimum Gasteiger partial charge on any atom is -0.377 e. The maximum Gasteiger partial charge on any atom is 0.276 e. The summed E-state index contributed by atoms with van der Waals surface area (Å²) in [6, 6.07) is 8.80. The minimum atomic E-state index is -1.10. The van der Waals surface area contributed by atoms with E-state index in [4.69, 9.17) is 16.1 Å². The smallest absolute Gasteiger partial charge is 0.276 e. The first-order valence-electron chi connectivity index (χ1n) is 7.69. The van der Waals surface area contributed by atoms with E-state index in [0.29, 0.717) is 42.4 Å². The summed E-state index contributed by atoms with van der Waals surface area (Å²) >= 11 is 5.93. The van der Waals surface area contributed by atoms with E-state index in [1.54, 1.807) is 30.0 Å². The van der Waals surface area contributed by atoms with Crippen molar-refractivity contribution in [3.05, 3.63) is 52.4 Å². The van der Waals surface area contributed by atoms with Gasteiger partial charge in [0.25, 0.3) is 5.91 Å². The molecule has 1 aliphatic heterocycles. The van der Waals surface area contributed by atoms with Crippen molar-refractivity contribution >= 4 is 17.5 Å². The molecule has 1 N–H and O–H groups in total. The molecule has 0 atom stereocenters. The van der Waals surface area contributed by atoms with Crippen molar-refractivity contribution < 1.29 is 14.4 Å². The molecule has 2 heterocycles. The van der Waals surface area contributed by atoms with Crippen molar-refractivity contribution in [1.82, 2.24) is 10.1 Å². The number of nitrogens with zero attached hydrogens (tertiary/aromatic N) is 2. The Kier molecular flexibility index (Phi) is 4.61. The van der Waals surface area contributed by atoms with Gasteiger partial charge in [0.2, 0.25) is 0 Å². The van der Waals surface area contributed by atoms with Gasteiger partial charge in [-0.3, -0.25) is 4.79 Å². The highest BCUT2D eigenvalue weighted by Gasteiger charge is 2.33. The molecule has 1 fully saturated rings. The number of carbonyl (C=O) groups is 1. The maximum absolute atomic E-state index is 12.3. The Labute approximate surface area is 145 Å². The Morgan fingerprint density at radius 3 is 2.75 bits per heavy atom. The molecule has 1 amide bonds. The summed E-state index contributed by atoms with van der Waals surface area (Å²) in [4.78, 5) is 14.0. The fraction of sp³-hybridized carbons (Fsp3) is 0.333. The molecule has 0 bridgehead atoms. The van der Waals surface area contributed by atoms with Crippen LogP contribution < -0.4 is 0 Å². The Morgan fingerprint density at radius 1 is 1.38 bits per heavy atom. The van der Waals surface area contributed by atoms with Gasteiger partial charge in [0.05, 0.1) is 0 Å². The number of piperidine rings is 1. The number of aromatic nitrogens is 1. The zero-order valence-corrected chi connectivity index (χ0v) is 14.0. The molecular formula is C18H17ClN2O3. The summed E-state index contributed by atoms with van der Waals surface area (Å²) in [6.45, 7) is 2.58. The number of aryl methyl sites for hydroxylation is 1. The monoisotopic (exact) mass is 344 g/mol. The zero-order chi connectivity index (χ0) is 17.2. The molecule has 1 aliphatic rings. The lowest BCUT2D eigenvalue weighted by atomic mass is 9.91. The van der Waals surface area contributed by atoms with Gasteiger partial charge in [-0.15, -0.1) is 0 Å². The third kappa shape index (κ3) is 3.78. The Bertz CT molecular complexity index is 811. The lowest BCUT2D eigenvalue weighted by Crippen LogP contribution is -2.46. The number of amides is 1. The van der Waals surface area contributed by atoms with Crippen LogP contribution in [0.1, 0.15) is 34.7 Å². The summed E-state index contributed by atoms with van der Waals surface area (Å²) in [6.07, 6.45) is 0.784. The van der Waals surface area contributed by atoms with Gasteiger partial charge in [0.15, 0.2) is 5.69 Å². The molecule has 0 unspecified atom stereocenters. The van der Waals surface area contributed by atoms with Crippen LogP contribution in [0.4, 0.5) is 0 Å². The van der Waals surface area contributed by atoms with Gasteiger partial charge in [0, 0.05) is 42.6 Å². The fourth-order valence-corrected chi connectivity index (χ4v) is 2.78. The van der Waals surface area contributed by atoms with Crippen molar-refractivity contribution in [2.45, 2.75) is 25.4 Å². The van der Waals surface area contributed by atoms with Crippen LogP contribution in [0, 0.1) is 18.8 Å². The predicted molar refractivity (Wildman–Crippen MR) is 89.7 cm³/mol. The number of benzene rings is 1. The van der Waals surface area contributed by atoms with Gasteiger partial charge in [-0.25, -0.2) is 0 Å². The van der Waals surface area contributed by atoms with Crippen LogP contribution in [0.5, 0.6) is 0 Å². The number of aliphatic hydroxyl groups is 1. The van der Waals surface area contributed by atoms with Gasteiger partial charge in [-0.05, 0) is 25.1 Å². The normalized spacial score (nSPS) is 16.4. The summed E-state index contributed by atoms with van der Waals surface area (Å²) < 4.78 is 4.93. The topological polar surface area (TPSA) is 66.6 Å². The second-order valence-electron chi connectivity index (χ2n) is 5.91. The molecule has 0 aliphatic carbocycles. The van der Waals surface area contributed by atoms with Gasteiger partial charge in [-0.2, -0.15) is 0 Å². The Balaban J connectivity index is 1.65. The van der Waals surface area contributed by atoms with Crippen molar-refractivity contribution in [3.63, 3.8) is 0 Å². The van der Waals surface area contributed by atoms with Crippen LogP contribution >= 0.6 is 11.6 Å². The molecular weight excluding hydrogens is 328 g/mol. The molecule has 0 saturated carbocycles. The minimum absolute atomic E-state index is 0.184. The molecule has 3 rings (SSSR count). The molecule has 6 heteroatoms. The molecule has 0 radical (unpaired) electrons. The largest absolute Gasteiger partial charge is 0.377 e. The standard InChI is InChI=1S/C18H17ClN2O3/c1-13-11-16(20-24-13)17(22)21-9-7-18(23,8-10-21)6-5-14-3-2-4-15(19)12-14/h2-4,11-12,23H,7-10H2,1H3. The Hall–Kier alpha value is -2.29. The van der Waals surface area contributed by atoms with Crippen LogP contribution in [0.25, 0.3) is 0 Å². The molecule has 0 spiro atoms. The third-order valence-corrected chi connectivity index (χ3v) is 4.22. The van der Waals surface area contributed by atoms with Crippen molar-refractivity contribution in [2.24, 2.45) is 0 Å². The van der Waals surface area contributed by atoms with E-state index in [9.17, 15) is 9.90 Å². The number of carbonyl (C=O) groups excluding carboxylic acids is 1. The zero-order valence-electron chi connectivity index (χ0n) is 13.3. The van der Waals surface area contributed by atoms with Gasteiger partial charge < -0.3 is 14.5 Å². The van der Waals surface area contributed by atoms with Gasteiger partial charge in [-0.1, -0.05) is 34.7 Å². The lowest BCUT2D eigenvalue weighted by Gasteiger charge is -2.34. The van der Waals surface area contributed by atoms with Crippen molar-refractivity contribution in [2.75, 3.05) is 13.1 Å². The van der Waals surface area contributed by atoms with E-state index >= 15 is 0 Å². The summed E-state index contributed by atoms with van der Waals surface area (Å²) in [5, 5.41) is 14.9. The predicted octanol–water partition coefficient (Wildman–Crippen LogP) is 2.66. The Morgan fingerprint density at radius 2 is 2.12 bits per heavy atom. The summed E-state index contributed by atoms with van der Waals surface area (Å²) in [5.74, 6) is 6.29. The van der Waals surface area contributed by atoms with Crippen LogP contribution in [0.15, 0.2) is 34.9 Å². The highest BCUT2D eigenvalue weighted by Crippen LogP contribution is 2.23. The van der Waals surface area contributed by atoms with Crippen LogP contribution in [-0.4, -0.2) is 39.8 Å². The average Bonchev–Trinajstić information content (AvgIpc) is 3.00. The van der Waals surface area contributed by atoms with Crippen molar-refractivity contribution in [1.29, 1.82) is 0 Å². The first-order chi connectivity index (χ1) is 11.5.